The zero-order chi connectivity index (χ0) is 10.9. The summed E-state index contributed by atoms with van der Waals surface area (Å²) < 4.78 is 27.0. The van der Waals surface area contributed by atoms with E-state index in [1.54, 1.807) is 14.0 Å². The Morgan fingerprint density at radius 2 is 2.29 bits per heavy atom. The number of aliphatic carboxylic acids is 1. The van der Waals surface area contributed by atoms with Crippen LogP contribution < -0.4 is 0 Å². The number of carboxylic acid groups (broad SMARTS) is 1. The number of hydrogen-bond acceptors (Lipinski definition) is 2. The van der Waals surface area contributed by atoms with Crippen LogP contribution in [0.3, 0.4) is 0 Å². The van der Waals surface area contributed by atoms with Crippen molar-refractivity contribution in [1.82, 2.24) is 9.78 Å². The molecule has 0 bridgehead atoms. The summed E-state index contributed by atoms with van der Waals surface area (Å²) in [4.78, 5) is 10.2. The molecule has 4 nitrogen and oxygen atoms in total. The van der Waals surface area contributed by atoms with Crippen molar-refractivity contribution in [1.29, 1.82) is 0 Å². The average molecular weight is 204 g/mol. The minimum Gasteiger partial charge on any atom is -0.477 e. The number of carbonyl (C=O) groups is 1. The van der Waals surface area contributed by atoms with Gasteiger partial charge in [0, 0.05) is 12.7 Å². The quantitative estimate of drug-likeness (QED) is 0.798. The first-order valence-electron chi connectivity index (χ1n) is 3.93. The van der Waals surface area contributed by atoms with Gasteiger partial charge >= 0.3 is 11.9 Å². The molecule has 0 aliphatic heterocycles. The van der Waals surface area contributed by atoms with E-state index in [1.165, 1.54) is 10.9 Å². The van der Waals surface area contributed by atoms with Crippen LogP contribution >= 0.6 is 0 Å². The van der Waals surface area contributed by atoms with Gasteiger partial charge in [0.2, 0.25) is 0 Å². The number of nitrogens with zero attached hydrogens (tertiary/aromatic N) is 2. The molecule has 0 amide bonds. The van der Waals surface area contributed by atoms with Crippen LogP contribution in [0, 0.1) is 6.92 Å². The van der Waals surface area contributed by atoms with Crippen molar-refractivity contribution in [3.05, 3.63) is 17.5 Å². The van der Waals surface area contributed by atoms with Crippen LogP contribution in [0.25, 0.3) is 0 Å². The van der Waals surface area contributed by atoms with Crippen molar-refractivity contribution >= 4 is 5.97 Å². The van der Waals surface area contributed by atoms with E-state index in [-0.39, 0.29) is 5.56 Å². The summed E-state index contributed by atoms with van der Waals surface area (Å²) in [6.45, 7) is 1.61. The first-order chi connectivity index (χ1) is 6.34. The Balaban J connectivity index is 2.89. The normalized spacial score (nSPS) is 11.7. The van der Waals surface area contributed by atoms with Crippen molar-refractivity contribution in [2.45, 2.75) is 19.3 Å². The summed E-state index contributed by atoms with van der Waals surface area (Å²) in [6.07, 6.45) is 0.439. The lowest BCUT2D eigenvalue weighted by molar-refractivity contribution is -0.164. The first-order valence-corrected chi connectivity index (χ1v) is 3.93. The molecule has 1 N–H and O–H groups in total. The van der Waals surface area contributed by atoms with Gasteiger partial charge in [-0.1, -0.05) is 0 Å². The molecule has 1 rings (SSSR count). The van der Waals surface area contributed by atoms with Crippen LogP contribution in [-0.4, -0.2) is 26.8 Å². The largest absolute Gasteiger partial charge is 0.477 e. The zero-order valence-electron chi connectivity index (χ0n) is 7.79. The van der Waals surface area contributed by atoms with Crippen LogP contribution in [0.15, 0.2) is 6.20 Å². The van der Waals surface area contributed by atoms with Crippen LogP contribution in [0.5, 0.6) is 0 Å². The number of alkyl halides is 2. The highest BCUT2D eigenvalue weighted by Crippen LogP contribution is 2.21. The molecular formula is C8H10F2N2O2. The molecule has 14 heavy (non-hydrogen) atoms. The average Bonchev–Trinajstić information content (AvgIpc) is 2.35. The molecule has 1 heterocycles. The summed E-state index contributed by atoms with van der Waals surface area (Å²) in [5.74, 6) is -5.84. The lowest BCUT2D eigenvalue weighted by atomic mass is 10.1. The summed E-state index contributed by atoms with van der Waals surface area (Å²) in [5.41, 5.74) is 0.797. The Kier molecular flexibility index (Phi) is 2.55. The molecule has 0 saturated carbocycles. The van der Waals surface area contributed by atoms with E-state index >= 15 is 0 Å². The monoisotopic (exact) mass is 204 g/mol. The van der Waals surface area contributed by atoms with E-state index in [9.17, 15) is 13.6 Å². The van der Waals surface area contributed by atoms with Crippen LogP contribution in [-0.2, 0) is 18.3 Å². The Bertz CT molecular complexity index is 360. The molecule has 0 aliphatic carbocycles. The number of carboxylic acids is 1. The van der Waals surface area contributed by atoms with Gasteiger partial charge < -0.3 is 5.11 Å². The number of rotatable bonds is 3. The molecule has 0 aromatic carbocycles. The van der Waals surface area contributed by atoms with E-state index in [0.29, 0.717) is 5.69 Å². The smallest absolute Gasteiger partial charge is 0.374 e. The predicted molar refractivity (Wildman–Crippen MR) is 44.2 cm³/mol. The highest BCUT2D eigenvalue weighted by molar-refractivity contribution is 5.75. The van der Waals surface area contributed by atoms with Gasteiger partial charge in [-0.2, -0.15) is 13.9 Å². The molecule has 0 atom stereocenters. The topological polar surface area (TPSA) is 55.1 Å². The molecule has 0 unspecified atom stereocenters. The number of hydrogen-bond donors (Lipinski definition) is 1. The lowest BCUT2D eigenvalue weighted by Gasteiger charge is -2.09. The van der Waals surface area contributed by atoms with Gasteiger partial charge in [0.05, 0.1) is 12.6 Å². The maximum atomic E-state index is 12.8. The zero-order valence-corrected chi connectivity index (χ0v) is 7.79. The number of aryl methyl sites for hydroxylation is 1. The van der Waals surface area contributed by atoms with Crippen molar-refractivity contribution in [2.24, 2.45) is 7.05 Å². The molecular weight excluding hydrogens is 194 g/mol. The summed E-state index contributed by atoms with van der Waals surface area (Å²) >= 11 is 0. The van der Waals surface area contributed by atoms with E-state index in [4.69, 9.17) is 5.11 Å². The molecule has 1 aromatic rings. The minimum absolute atomic E-state index is 0.250. The second-order valence-electron chi connectivity index (χ2n) is 3.07. The van der Waals surface area contributed by atoms with E-state index in [1.807, 2.05) is 0 Å². The molecule has 0 saturated heterocycles. The Morgan fingerprint density at radius 1 is 1.71 bits per heavy atom. The van der Waals surface area contributed by atoms with E-state index in [2.05, 4.69) is 5.10 Å². The molecule has 0 fully saturated rings. The molecule has 0 spiro atoms. The van der Waals surface area contributed by atoms with E-state index < -0.39 is 18.3 Å². The summed E-state index contributed by atoms with van der Waals surface area (Å²) in [7, 11) is 1.61. The Labute approximate surface area is 79.2 Å². The number of aromatic nitrogens is 2. The highest BCUT2D eigenvalue weighted by atomic mass is 19.3. The minimum atomic E-state index is -3.73. The van der Waals surface area contributed by atoms with Gasteiger partial charge in [0.25, 0.3) is 0 Å². The third-order valence-electron chi connectivity index (χ3n) is 2.06. The standard InChI is InChI=1S/C8H10F2N2O2/c1-5-6(4-11-12(5)2)3-8(9,10)7(13)14/h4H,3H2,1-2H3,(H,13,14). The Morgan fingerprint density at radius 3 is 2.64 bits per heavy atom. The summed E-state index contributed by atoms with van der Waals surface area (Å²) in [5, 5.41) is 12.0. The van der Waals surface area contributed by atoms with Gasteiger partial charge in [-0.25, -0.2) is 4.79 Å². The fourth-order valence-electron chi connectivity index (χ4n) is 1.03. The predicted octanol–water partition coefficient (Wildman–Crippen LogP) is 0.991. The van der Waals surface area contributed by atoms with Crippen molar-refractivity contribution in [3.8, 4) is 0 Å². The SMILES string of the molecule is Cc1c(CC(F)(F)C(=O)O)cnn1C. The van der Waals surface area contributed by atoms with Crippen LogP contribution in [0.4, 0.5) is 8.78 Å². The van der Waals surface area contributed by atoms with Gasteiger partial charge in [0.1, 0.15) is 0 Å². The molecule has 0 aliphatic rings. The maximum absolute atomic E-state index is 12.8. The first kappa shape index (κ1) is 10.6. The van der Waals surface area contributed by atoms with Gasteiger partial charge in [-0.05, 0) is 12.5 Å². The molecule has 0 radical (unpaired) electrons. The van der Waals surface area contributed by atoms with E-state index in [0.717, 1.165) is 0 Å². The van der Waals surface area contributed by atoms with Gasteiger partial charge in [0.15, 0.2) is 0 Å². The fraction of sp³-hybridized carbons (Fsp3) is 0.500. The third-order valence-corrected chi connectivity index (χ3v) is 2.06. The van der Waals surface area contributed by atoms with Crippen molar-refractivity contribution < 1.29 is 18.7 Å². The maximum Gasteiger partial charge on any atom is 0.374 e. The molecule has 6 heteroatoms. The molecule has 78 valence electrons. The third kappa shape index (κ3) is 1.89. The lowest BCUT2D eigenvalue weighted by Crippen LogP contribution is -2.30. The van der Waals surface area contributed by atoms with Crippen LogP contribution in [0.2, 0.25) is 0 Å². The second kappa shape index (κ2) is 3.36. The van der Waals surface area contributed by atoms with Crippen molar-refractivity contribution in [3.63, 3.8) is 0 Å². The summed E-state index contributed by atoms with van der Waals surface area (Å²) in [6, 6.07) is 0. The Hall–Kier alpha value is -1.46. The van der Waals surface area contributed by atoms with Gasteiger partial charge in [-0.3, -0.25) is 4.68 Å². The highest BCUT2D eigenvalue weighted by Gasteiger charge is 2.39. The second-order valence-corrected chi connectivity index (χ2v) is 3.07. The van der Waals surface area contributed by atoms with Gasteiger partial charge in [-0.15, -0.1) is 0 Å². The fourth-order valence-corrected chi connectivity index (χ4v) is 1.03. The van der Waals surface area contributed by atoms with Crippen molar-refractivity contribution in [2.75, 3.05) is 0 Å². The van der Waals surface area contributed by atoms with Crippen LogP contribution in [0.1, 0.15) is 11.3 Å². The molecule has 1 aromatic heterocycles. The number of halogens is 2.